The normalized spacial score (nSPS) is 12.6. The standard InChI is InChI=1S/C27H34Cl2F3N3O4S/c1-4-6-15-33-26(37)24(5-2)34(18-21-22(28)12-8-13-23(21)29)25(36)14-9-16-35(40(3,38)39)20-11-7-10-19(17-20)27(30,31)32/h7-8,10-13,17,24H,4-6,9,14-16,18H2,1-3H3,(H,33,37). The minimum absolute atomic E-state index is 0.0111. The van der Waals surface area contributed by atoms with E-state index < -0.39 is 33.7 Å². The summed E-state index contributed by atoms with van der Waals surface area (Å²) in [6.45, 7) is 3.89. The molecular weight excluding hydrogens is 590 g/mol. The summed E-state index contributed by atoms with van der Waals surface area (Å²) in [5.74, 6) is -0.792. The van der Waals surface area contributed by atoms with E-state index in [1.165, 1.54) is 11.0 Å². The number of halogens is 5. The van der Waals surface area contributed by atoms with Crippen LogP contribution in [0, 0.1) is 0 Å². The second-order valence-corrected chi connectivity index (χ2v) is 12.0. The summed E-state index contributed by atoms with van der Waals surface area (Å²) in [5.41, 5.74) is -0.690. The molecule has 2 amide bonds. The zero-order valence-corrected chi connectivity index (χ0v) is 24.9. The first-order chi connectivity index (χ1) is 18.7. The molecule has 0 aliphatic heterocycles. The number of sulfonamides is 1. The summed E-state index contributed by atoms with van der Waals surface area (Å²) < 4.78 is 65.4. The molecule has 0 saturated carbocycles. The highest BCUT2D eigenvalue weighted by Gasteiger charge is 2.32. The molecule has 2 aromatic carbocycles. The SMILES string of the molecule is CCCCNC(=O)C(CC)N(Cc1c(Cl)cccc1Cl)C(=O)CCCN(c1cccc(C(F)(F)F)c1)S(C)(=O)=O. The van der Waals surface area contributed by atoms with Gasteiger partial charge in [0.05, 0.1) is 17.5 Å². The summed E-state index contributed by atoms with van der Waals surface area (Å²) in [5, 5.41) is 3.48. The maximum absolute atomic E-state index is 13.5. The van der Waals surface area contributed by atoms with Crippen LogP contribution in [0.4, 0.5) is 18.9 Å². The molecule has 1 unspecified atom stereocenters. The Morgan fingerprint density at radius 3 is 2.20 bits per heavy atom. The van der Waals surface area contributed by atoms with Gasteiger partial charge in [-0.15, -0.1) is 0 Å². The Hall–Kier alpha value is -2.50. The number of amides is 2. The van der Waals surface area contributed by atoms with Gasteiger partial charge in [-0.2, -0.15) is 13.2 Å². The average Bonchev–Trinajstić information content (AvgIpc) is 2.87. The van der Waals surface area contributed by atoms with Crippen LogP contribution < -0.4 is 9.62 Å². The molecule has 0 spiro atoms. The first-order valence-electron chi connectivity index (χ1n) is 12.9. The molecule has 13 heteroatoms. The van der Waals surface area contributed by atoms with Gasteiger partial charge in [-0.1, -0.05) is 55.6 Å². The zero-order valence-electron chi connectivity index (χ0n) is 22.6. The van der Waals surface area contributed by atoms with Crippen LogP contribution in [0.1, 0.15) is 57.1 Å². The third-order valence-electron chi connectivity index (χ3n) is 6.22. The number of nitrogens with zero attached hydrogens (tertiary/aromatic N) is 2. The first-order valence-corrected chi connectivity index (χ1v) is 15.5. The fourth-order valence-electron chi connectivity index (χ4n) is 4.12. The van der Waals surface area contributed by atoms with Gasteiger partial charge in [-0.05, 0) is 49.6 Å². The van der Waals surface area contributed by atoms with Gasteiger partial charge in [0.25, 0.3) is 0 Å². The van der Waals surface area contributed by atoms with E-state index in [1.54, 1.807) is 25.1 Å². The monoisotopic (exact) mass is 623 g/mol. The van der Waals surface area contributed by atoms with Crippen molar-refractivity contribution in [1.29, 1.82) is 0 Å². The van der Waals surface area contributed by atoms with Crippen molar-refractivity contribution in [3.05, 3.63) is 63.6 Å². The van der Waals surface area contributed by atoms with Crippen LogP contribution in [-0.4, -0.2) is 50.5 Å². The zero-order chi connectivity index (χ0) is 30.1. The molecule has 0 heterocycles. The van der Waals surface area contributed by atoms with Crippen molar-refractivity contribution in [3.63, 3.8) is 0 Å². The summed E-state index contributed by atoms with van der Waals surface area (Å²) in [6.07, 6.45) is -2.02. The van der Waals surface area contributed by atoms with Crippen LogP contribution in [0.3, 0.4) is 0 Å². The van der Waals surface area contributed by atoms with Gasteiger partial charge in [0.1, 0.15) is 6.04 Å². The third-order valence-corrected chi connectivity index (χ3v) is 8.12. The summed E-state index contributed by atoms with van der Waals surface area (Å²) >= 11 is 12.7. The lowest BCUT2D eigenvalue weighted by atomic mass is 10.1. The molecule has 0 saturated heterocycles. The van der Waals surface area contributed by atoms with Gasteiger partial charge in [0, 0.05) is 41.7 Å². The molecule has 2 rings (SSSR count). The van der Waals surface area contributed by atoms with Crippen molar-refractivity contribution in [2.24, 2.45) is 0 Å². The molecule has 0 aliphatic rings. The largest absolute Gasteiger partial charge is 0.416 e. The van der Waals surface area contributed by atoms with Crippen molar-refractivity contribution >= 4 is 50.7 Å². The quantitative estimate of drug-likeness (QED) is 0.251. The van der Waals surface area contributed by atoms with Crippen molar-refractivity contribution in [2.45, 2.75) is 64.7 Å². The fraction of sp³-hybridized carbons (Fsp3) is 0.481. The maximum atomic E-state index is 13.5. The minimum Gasteiger partial charge on any atom is -0.354 e. The van der Waals surface area contributed by atoms with E-state index in [0.29, 0.717) is 28.6 Å². The Bertz CT molecular complexity index is 1260. The van der Waals surface area contributed by atoms with Crippen molar-refractivity contribution in [1.82, 2.24) is 10.2 Å². The number of nitrogens with one attached hydrogen (secondary N) is 1. The lowest BCUT2D eigenvalue weighted by molar-refractivity contribution is -0.141. The molecule has 1 atom stereocenters. The van der Waals surface area contributed by atoms with Crippen molar-refractivity contribution in [2.75, 3.05) is 23.7 Å². The molecule has 40 heavy (non-hydrogen) atoms. The van der Waals surface area contributed by atoms with E-state index in [1.807, 2.05) is 6.92 Å². The number of unbranched alkanes of at least 4 members (excludes halogenated alkanes) is 1. The van der Waals surface area contributed by atoms with Crippen LogP contribution in [0.15, 0.2) is 42.5 Å². The Kier molecular flexibility index (Phi) is 12.6. The van der Waals surface area contributed by atoms with Crippen LogP contribution >= 0.6 is 23.2 Å². The number of hydrogen-bond acceptors (Lipinski definition) is 4. The number of rotatable bonds is 14. The predicted octanol–water partition coefficient (Wildman–Crippen LogP) is 6.28. The van der Waals surface area contributed by atoms with E-state index in [0.717, 1.165) is 41.6 Å². The Morgan fingerprint density at radius 1 is 1.02 bits per heavy atom. The molecule has 2 aromatic rings. The highest BCUT2D eigenvalue weighted by molar-refractivity contribution is 7.92. The van der Waals surface area contributed by atoms with E-state index in [4.69, 9.17) is 23.2 Å². The molecular formula is C27H34Cl2F3N3O4S. The number of anilines is 1. The van der Waals surface area contributed by atoms with Gasteiger partial charge >= 0.3 is 6.18 Å². The number of benzene rings is 2. The van der Waals surface area contributed by atoms with Crippen LogP contribution in [-0.2, 0) is 32.3 Å². The van der Waals surface area contributed by atoms with E-state index in [2.05, 4.69) is 5.32 Å². The number of alkyl halides is 3. The Balaban J connectivity index is 2.29. The first kappa shape index (κ1) is 33.7. The fourth-order valence-corrected chi connectivity index (χ4v) is 5.59. The van der Waals surface area contributed by atoms with Crippen LogP contribution in [0.5, 0.6) is 0 Å². The number of carbonyl (C=O) groups is 2. The molecule has 0 bridgehead atoms. The molecule has 0 radical (unpaired) electrons. The van der Waals surface area contributed by atoms with Crippen LogP contribution in [0.2, 0.25) is 10.0 Å². The lowest BCUT2D eigenvalue weighted by Crippen LogP contribution is -2.49. The molecule has 0 fully saturated rings. The van der Waals surface area contributed by atoms with E-state index in [-0.39, 0.29) is 37.5 Å². The van der Waals surface area contributed by atoms with E-state index >= 15 is 0 Å². The average molecular weight is 625 g/mol. The van der Waals surface area contributed by atoms with Crippen LogP contribution in [0.25, 0.3) is 0 Å². The van der Waals surface area contributed by atoms with Crippen molar-refractivity contribution in [3.8, 4) is 0 Å². The van der Waals surface area contributed by atoms with E-state index in [9.17, 15) is 31.2 Å². The van der Waals surface area contributed by atoms with Gasteiger partial charge in [0.15, 0.2) is 0 Å². The molecule has 222 valence electrons. The predicted molar refractivity (Wildman–Crippen MR) is 152 cm³/mol. The summed E-state index contributed by atoms with van der Waals surface area (Å²) in [4.78, 5) is 27.9. The van der Waals surface area contributed by atoms with Gasteiger partial charge in [0.2, 0.25) is 21.8 Å². The van der Waals surface area contributed by atoms with Crippen molar-refractivity contribution < 1.29 is 31.2 Å². The van der Waals surface area contributed by atoms with Gasteiger partial charge in [-0.3, -0.25) is 13.9 Å². The molecule has 1 N–H and O–H groups in total. The van der Waals surface area contributed by atoms with Gasteiger partial charge in [-0.25, -0.2) is 8.42 Å². The molecule has 7 nitrogen and oxygen atoms in total. The second kappa shape index (κ2) is 14.9. The number of hydrogen-bond donors (Lipinski definition) is 1. The number of carbonyl (C=O) groups excluding carboxylic acids is 2. The molecule has 0 aromatic heterocycles. The Labute approximate surface area is 243 Å². The molecule has 0 aliphatic carbocycles. The highest BCUT2D eigenvalue weighted by atomic mass is 35.5. The maximum Gasteiger partial charge on any atom is 0.416 e. The minimum atomic E-state index is -4.65. The third kappa shape index (κ3) is 9.55. The summed E-state index contributed by atoms with van der Waals surface area (Å²) in [7, 11) is -3.96. The lowest BCUT2D eigenvalue weighted by Gasteiger charge is -2.31. The highest BCUT2D eigenvalue weighted by Crippen LogP contribution is 2.32. The Morgan fingerprint density at radius 2 is 1.65 bits per heavy atom. The van der Waals surface area contributed by atoms with Gasteiger partial charge < -0.3 is 10.2 Å². The second-order valence-electron chi connectivity index (χ2n) is 9.28. The topological polar surface area (TPSA) is 86.8 Å². The smallest absolute Gasteiger partial charge is 0.354 e. The summed E-state index contributed by atoms with van der Waals surface area (Å²) in [6, 6.07) is 8.04.